The number of esters is 1. The highest BCUT2D eigenvalue weighted by molar-refractivity contribution is 6.30. The third kappa shape index (κ3) is 7.12. The van der Waals surface area contributed by atoms with E-state index >= 15 is 0 Å². The molecule has 43 heavy (non-hydrogen) atoms. The molecular weight excluding hydrogens is 568 g/mol. The van der Waals surface area contributed by atoms with Gasteiger partial charge in [-0.2, -0.15) is 5.10 Å². The summed E-state index contributed by atoms with van der Waals surface area (Å²) in [5.74, 6) is 0.790. The summed E-state index contributed by atoms with van der Waals surface area (Å²) in [7, 11) is 3.01. The molecule has 0 atom stereocenters. The maximum Gasteiger partial charge on any atom is 0.343 e. The number of carbonyl (C=O) groups excluding carboxylic acids is 2. The van der Waals surface area contributed by atoms with Crippen LogP contribution in [0.1, 0.15) is 31.8 Å². The molecule has 0 saturated heterocycles. The van der Waals surface area contributed by atoms with Crippen molar-refractivity contribution >= 4 is 40.5 Å². The van der Waals surface area contributed by atoms with Crippen molar-refractivity contribution in [3.8, 4) is 23.0 Å². The van der Waals surface area contributed by atoms with Crippen LogP contribution in [0.4, 0.5) is 0 Å². The first-order valence-electron chi connectivity index (χ1n) is 13.2. The Kier molecular flexibility index (Phi) is 9.19. The predicted molar refractivity (Wildman–Crippen MR) is 166 cm³/mol. The minimum absolute atomic E-state index is 0.277. The lowest BCUT2D eigenvalue weighted by Gasteiger charge is -2.12. The van der Waals surface area contributed by atoms with Crippen LogP contribution in [-0.2, 0) is 6.61 Å². The Hall–Kier alpha value is -5.34. The summed E-state index contributed by atoms with van der Waals surface area (Å²) in [6.07, 6.45) is 1.46. The number of amides is 1. The van der Waals surface area contributed by atoms with Gasteiger partial charge in [0.25, 0.3) is 5.91 Å². The van der Waals surface area contributed by atoms with Gasteiger partial charge in [0.1, 0.15) is 18.1 Å². The Bertz CT molecular complexity index is 1790. The number of carbonyl (C=O) groups is 2. The smallest absolute Gasteiger partial charge is 0.343 e. The number of ether oxygens (including phenoxy) is 4. The summed E-state index contributed by atoms with van der Waals surface area (Å²) >= 11 is 5.93. The topological polar surface area (TPSA) is 95.5 Å². The Balaban J connectivity index is 1.29. The van der Waals surface area contributed by atoms with Gasteiger partial charge in [-0.05, 0) is 77.0 Å². The molecule has 0 aromatic heterocycles. The van der Waals surface area contributed by atoms with Crippen molar-refractivity contribution in [1.29, 1.82) is 0 Å². The number of nitrogens with one attached hydrogen (secondary N) is 1. The molecule has 0 heterocycles. The first-order chi connectivity index (χ1) is 20.9. The van der Waals surface area contributed by atoms with Crippen molar-refractivity contribution in [3.05, 3.63) is 130 Å². The molecule has 0 bridgehead atoms. The lowest BCUT2D eigenvalue weighted by molar-refractivity contribution is 0.0734. The second-order valence-electron chi connectivity index (χ2n) is 9.30. The molecule has 1 amide bonds. The zero-order chi connectivity index (χ0) is 30.2. The van der Waals surface area contributed by atoms with Gasteiger partial charge in [-0.1, -0.05) is 54.1 Å². The number of rotatable bonds is 10. The largest absolute Gasteiger partial charge is 0.493 e. The summed E-state index contributed by atoms with van der Waals surface area (Å²) in [5, 5.41) is 6.54. The number of hydrogen-bond acceptors (Lipinski definition) is 7. The van der Waals surface area contributed by atoms with E-state index in [1.165, 1.54) is 20.4 Å². The van der Waals surface area contributed by atoms with Crippen LogP contribution < -0.4 is 24.4 Å². The van der Waals surface area contributed by atoms with Gasteiger partial charge < -0.3 is 18.9 Å². The van der Waals surface area contributed by atoms with Crippen molar-refractivity contribution < 1.29 is 28.5 Å². The van der Waals surface area contributed by atoms with Crippen LogP contribution >= 0.6 is 11.6 Å². The molecule has 0 saturated carbocycles. The molecule has 0 aliphatic rings. The SMILES string of the molecule is COc1ccc(C(=O)Oc2ccc3ccccc3c2/C=N/NC(=O)c2ccc(OCc3ccc(Cl)cc3)cc2)cc1OC. The van der Waals surface area contributed by atoms with E-state index in [1.54, 1.807) is 60.7 Å². The van der Waals surface area contributed by atoms with Gasteiger partial charge in [0.2, 0.25) is 0 Å². The van der Waals surface area contributed by atoms with Gasteiger partial charge in [-0.15, -0.1) is 0 Å². The van der Waals surface area contributed by atoms with Crippen molar-refractivity contribution in [2.24, 2.45) is 5.10 Å². The van der Waals surface area contributed by atoms with Crippen LogP contribution in [0.3, 0.4) is 0 Å². The van der Waals surface area contributed by atoms with Crippen molar-refractivity contribution in [2.75, 3.05) is 14.2 Å². The Morgan fingerprint density at radius 2 is 1.49 bits per heavy atom. The molecule has 216 valence electrons. The molecule has 8 nitrogen and oxygen atoms in total. The van der Waals surface area contributed by atoms with E-state index in [-0.39, 0.29) is 11.3 Å². The summed E-state index contributed by atoms with van der Waals surface area (Å²) in [4.78, 5) is 25.9. The van der Waals surface area contributed by atoms with Crippen LogP contribution in [0.25, 0.3) is 10.8 Å². The fourth-order valence-corrected chi connectivity index (χ4v) is 4.42. The molecule has 0 radical (unpaired) electrons. The van der Waals surface area contributed by atoms with Crippen molar-refractivity contribution in [3.63, 3.8) is 0 Å². The Labute approximate surface area is 253 Å². The molecule has 0 spiro atoms. The van der Waals surface area contributed by atoms with Crippen LogP contribution in [-0.4, -0.2) is 32.3 Å². The standard InChI is InChI=1S/C34H27ClN2O6/c1-40-31-18-12-25(19-32(31)41-2)34(39)43-30-17-11-23-5-3-4-6-28(23)29(30)20-36-37-33(38)24-9-15-27(16-10-24)42-21-22-7-13-26(35)14-8-22/h3-20H,21H2,1-2H3,(H,37,38)/b36-20+. The van der Waals surface area contributed by atoms with Gasteiger partial charge in [0.05, 0.1) is 26.0 Å². The Morgan fingerprint density at radius 3 is 2.23 bits per heavy atom. The van der Waals surface area contributed by atoms with E-state index < -0.39 is 11.9 Å². The van der Waals surface area contributed by atoms with Crippen molar-refractivity contribution in [1.82, 2.24) is 5.43 Å². The summed E-state index contributed by atoms with van der Waals surface area (Å²) in [5.41, 5.74) is 4.72. The number of benzene rings is 5. The second kappa shape index (κ2) is 13.5. The fourth-order valence-electron chi connectivity index (χ4n) is 4.29. The van der Waals surface area contributed by atoms with E-state index in [1.807, 2.05) is 42.5 Å². The minimum Gasteiger partial charge on any atom is -0.493 e. The highest BCUT2D eigenvalue weighted by Gasteiger charge is 2.16. The highest BCUT2D eigenvalue weighted by atomic mass is 35.5. The molecule has 9 heteroatoms. The summed E-state index contributed by atoms with van der Waals surface area (Å²) in [6.45, 7) is 0.372. The molecule has 0 aliphatic heterocycles. The van der Waals surface area contributed by atoms with Crippen LogP contribution in [0.15, 0.2) is 108 Å². The van der Waals surface area contributed by atoms with E-state index in [0.29, 0.717) is 40.0 Å². The molecule has 5 rings (SSSR count). The first kappa shape index (κ1) is 29.2. The quantitative estimate of drug-likeness (QED) is 0.0804. The average Bonchev–Trinajstić information content (AvgIpc) is 3.05. The predicted octanol–water partition coefficient (Wildman–Crippen LogP) is 7.07. The second-order valence-corrected chi connectivity index (χ2v) is 9.73. The first-order valence-corrected chi connectivity index (χ1v) is 13.6. The summed E-state index contributed by atoms with van der Waals surface area (Å²) < 4.78 is 22.1. The van der Waals surface area contributed by atoms with E-state index in [4.69, 9.17) is 30.5 Å². The average molecular weight is 595 g/mol. The van der Waals surface area contributed by atoms with Gasteiger partial charge in [-0.25, -0.2) is 10.2 Å². The molecule has 0 aliphatic carbocycles. The van der Waals surface area contributed by atoms with Crippen molar-refractivity contribution in [2.45, 2.75) is 6.61 Å². The Morgan fingerprint density at radius 1 is 0.791 bits per heavy atom. The maximum atomic E-state index is 13.1. The van der Waals surface area contributed by atoms with Gasteiger partial charge in [-0.3, -0.25) is 4.79 Å². The fraction of sp³-hybridized carbons (Fsp3) is 0.0882. The van der Waals surface area contributed by atoms with Crippen LogP contribution in [0.5, 0.6) is 23.0 Å². The third-order valence-corrected chi connectivity index (χ3v) is 6.80. The zero-order valence-electron chi connectivity index (χ0n) is 23.4. The molecule has 5 aromatic carbocycles. The number of hydrogen-bond donors (Lipinski definition) is 1. The van der Waals surface area contributed by atoms with Gasteiger partial charge >= 0.3 is 5.97 Å². The van der Waals surface area contributed by atoms with Gasteiger partial charge in [0.15, 0.2) is 11.5 Å². The number of nitrogens with zero attached hydrogens (tertiary/aromatic N) is 1. The van der Waals surface area contributed by atoms with E-state index in [2.05, 4.69) is 10.5 Å². The number of methoxy groups -OCH3 is 2. The summed E-state index contributed by atoms with van der Waals surface area (Å²) in [6, 6.07) is 30.0. The van der Waals surface area contributed by atoms with Gasteiger partial charge in [0, 0.05) is 16.1 Å². The van der Waals surface area contributed by atoms with E-state index in [9.17, 15) is 9.59 Å². The highest BCUT2D eigenvalue weighted by Crippen LogP contribution is 2.30. The normalized spacial score (nSPS) is 10.9. The molecular formula is C34H27ClN2O6. The number of hydrazone groups is 1. The van der Waals surface area contributed by atoms with E-state index in [0.717, 1.165) is 16.3 Å². The lowest BCUT2D eigenvalue weighted by Crippen LogP contribution is -2.17. The number of halogens is 1. The monoisotopic (exact) mass is 594 g/mol. The zero-order valence-corrected chi connectivity index (χ0v) is 24.1. The van der Waals surface area contributed by atoms with Crippen LogP contribution in [0.2, 0.25) is 5.02 Å². The molecule has 1 N–H and O–H groups in total. The minimum atomic E-state index is -0.590. The molecule has 5 aromatic rings. The third-order valence-electron chi connectivity index (χ3n) is 6.55. The number of fused-ring (bicyclic) bond motifs is 1. The molecule has 0 fully saturated rings. The maximum absolute atomic E-state index is 13.1. The molecule has 0 unspecified atom stereocenters. The van der Waals surface area contributed by atoms with Crippen LogP contribution in [0, 0.1) is 0 Å². The lowest BCUT2D eigenvalue weighted by atomic mass is 10.0.